The highest BCUT2D eigenvalue weighted by Gasteiger charge is 2.09. The summed E-state index contributed by atoms with van der Waals surface area (Å²) in [4.78, 5) is 5.52. The molecule has 0 fully saturated rings. The van der Waals surface area contributed by atoms with Gasteiger partial charge in [0.15, 0.2) is 17.5 Å². The van der Waals surface area contributed by atoms with Crippen molar-refractivity contribution in [3.63, 3.8) is 0 Å². The third kappa shape index (κ3) is 6.19. The third-order valence-electron chi connectivity index (χ3n) is 3.80. The molecule has 2 aromatic carbocycles. The van der Waals surface area contributed by atoms with Gasteiger partial charge in [-0.05, 0) is 43.0 Å². The standard InChI is InChI=1S/C20H27N3O2S/c1-15(25-19-8-6-5-7-18(19)24-3)13-22-20(21-2)23-14-16-9-11-17(26-4)12-10-16/h5-12,15H,13-14H2,1-4H3,(H2,21,22,23). The molecule has 0 aliphatic rings. The van der Waals surface area contributed by atoms with E-state index in [0.29, 0.717) is 6.54 Å². The fourth-order valence-electron chi connectivity index (χ4n) is 2.36. The molecule has 2 N–H and O–H groups in total. The molecule has 0 aliphatic heterocycles. The van der Waals surface area contributed by atoms with Gasteiger partial charge >= 0.3 is 0 Å². The monoisotopic (exact) mass is 373 g/mol. The molecule has 1 atom stereocenters. The van der Waals surface area contributed by atoms with Crippen LogP contribution in [0.3, 0.4) is 0 Å². The molecule has 0 radical (unpaired) electrons. The van der Waals surface area contributed by atoms with Gasteiger partial charge in [0, 0.05) is 18.5 Å². The normalized spacial score (nSPS) is 12.4. The van der Waals surface area contributed by atoms with Crippen molar-refractivity contribution in [3.05, 3.63) is 54.1 Å². The van der Waals surface area contributed by atoms with Crippen molar-refractivity contribution in [2.24, 2.45) is 4.99 Å². The quantitative estimate of drug-likeness (QED) is 0.421. The topological polar surface area (TPSA) is 54.9 Å². The minimum Gasteiger partial charge on any atom is -0.493 e. The molecule has 5 nitrogen and oxygen atoms in total. The first kappa shape index (κ1) is 20.0. The number of para-hydroxylation sites is 2. The van der Waals surface area contributed by atoms with Crippen LogP contribution in [0.1, 0.15) is 12.5 Å². The second-order valence-electron chi connectivity index (χ2n) is 5.73. The molecule has 0 amide bonds. The van der Waals surface area contributed by atoms with Crippen molar-refractivity contribution >= 4 is 17.7 Å². The Hall–Kier alpha value is -2.34. The van der Waals surface area contributed by atoms with Crippen molar-refractivity contribution in [2.45, 2.75) is 24.5 Å². The zero-order chi connectivity index (χ0) is 18.8. The largest absolute Gasteiger partial charge is 0.493 e. The average molecular weight is 374 g/mol. The van der Waals surface area contributed by atoms with Crippen molar-refractivity contribution in [2.75, 3.05) is 27.0 Å². The van der Waals surface area contributed by atoms with Crippen LogP contribution in [0.4, 0.5) is 0 Å². The van der Waals surface area contributed by atoms with Gasteiger partial charge in [-0.15, -0.1) is 11.8 Å². The van der Waals surface area contributed by atoms with Gasteiger partial charge in [-0.1, -0.05) is 24.3 Å². The number of aliphatic imine (C=N–C) groups is 1. The third-order valence-corrected chi connectivity index (χ3v) is 4.54. The van der Waals surface area contributed by atoms with Crippen molar-refractivity contribution in [3.8, 4) is 11.5 Å². The van der Waals surface area contributed by atoms with Crippen LogP contribution < -0.4 is 20.1 Å². The van der Waals surface area contributed by atoms with E-state index in [1.165, 1.54) is 10.5 Å². The summed E-state index contributed by atoms with van der Waals surface area (Å²) in [5, 5.41) is 6.61. The molecule has 6 heteroatoms. The Balaban J connectivity index is 1.80. The summed E-state index contributed by atoms with van der Waals surface area (Å²) in [6.07, 6.45) is 2.04. The summed E-state index contributed by atoms with van der Waals surface area (Å²) in [7, 11) is 3.40. The van der Waals surface area contributed by atoms with E-state index in [1.807, 2.05) is 31.2 Å². The molecule has 140 valence electrons. The number of nitrogens with zero attached hydrogens (tertiary/aromatic N) is 1. The number of guanidine groups is 1. The SMILES string of the molecule is CN=C(NCc1ccc(SC)cc1)NCC(C)Oc1ccccc1OC. The number of methoxy groups -OCH3 is 1. The van der Waals surface area contributed by atoms with E-state index in [1.54, 1.807) is 25.9 Å². The lowest BCUT2D eigenvalue weighted by Gasteiger charge is -2.19. The van der Waals surface area contributed by atoms with Crippen LogP contribution >= 0.6 is 11.8 Å². The highest BCUT2D eigenvalue weighted by atomic mass is 32.2. The molecular weight excluding hydrogens is 346 g/mol. The Labute approximate surface area is 160 Å². The maximum absolute atomic E-state index is 5.95. The Morgan fingerprint density at radius 1 is 1.08 bits per heavy atom. The molecule has 2 rings (SSSR count). The average Bonchev–Trinajstić information content (AvgIpc) is 2.69. The maximum atomic E-state index is 5.95. The molecule has 0 aliphatic carbocycles. The van der Waals surface area contributed by atoms with Gasteiger partial charge in [0.2, 0.25) is 0 Å². The van der Waals surface area contributed by atoms with E-state index < -0.39 is 0 Å². The predicted octanol–water partition coefficient (Wildman–Crippen LogP) is 3.55. The van der Waals surface area contributed by atoms with Crippen LogP contribution in [0.25, 0.3) is 0 Å². The van der Waals surface area contributed by atoms with E-state index in [2.05, 4.69) is 46.1 Å². The van der Waals surface area contributed by atoms with E-state index in [-0.39, 0.29) is 6.10 Å². The molecule has 0 heterocycles. The summed E-state index contributed by atoms with van der Waals surface area (Å²) in [6.45, 7) is 3.35. The molecule has 1 unspecified atom stereocenters. The minimum absolute atomic E-state index is 0.0364. The fourth-order valence-corrected chi connectivity index (χ4v) is 2.77. The molecule has 0 bridgehead atoms. The van der Waals surface area contributed by atoms with Gasteiger partial charge < -0.3 is 20.1 Å². The fraction of sp³-hybridized carbons (Fsp3) is 0.350. The molecule has 0 aromatic heterocycles. The van der Waals surface area contributed by atoms with Gasteiger partial charge in [0.05, 0.1) is 13.7 Å². The smallest absolute Gasteiger partial charge is 0.191 e. The summed E-state index contributed by atoms with van der Waals surface area (Å²) in [6, 6.07) is 16.1. The molecule has 26 heavy (non-hydrogen) atoms. The van der Waals surface area contributed by atoms with Crippen LogP contribution in [0.2, 0.25) is 0 Å². The van der Waals surface area contributed by atoms with Crippen LogP contribution in [0.5, 0.6) is 11.5 Å². The number of ether oxygens (including phenoxy) is 2. The van der Waals surface area contributed by atoms with Crippen molar-refractivity contribution < 1.29 is 9.47 Å². The van der Waals surface area contributed by atoms with E-state index in [9.17, 15) is 0 Å². The van der Waals surface area contributed by atoms with Crippen LogP contribution in [-0.2, 0) is 6.54 Å². The van der Waals surface area contributed by atoms with Crippen LogP contribution in [0, 0.1) is 0 Å². The summed E-state index contributed by atoms with van der Waals surface area (Å²) < 4.78 is 11.3. The van der Waals surface area contributed by atoms with E-state index in [0.717, 1.165) is 24.0 Å². The van der Waals surface area contributed by atoms with Gasteiger partial charge in [0.25, 0.3) is 0 Å². The lowest BCUT2D eigenvalue weighted by Crippen LogP contribution is -2.41. The number of rotatable bonds is 8. The van der Waals surface area contributed by atoms with E-state index in [4.69, 9.17) is 9.47 Å². The van der Waals surface area contributed by atoms with Crippen LogP contribution in [0.15, 0.2) is 58.4 Å². The Morgan fingerprint density at radius 3 is 2.38 bits per heavy atom. The predicted molar refractivity (Wildman–Crippen MR) is 110 cm³/mol. The zero-order valence-corrected chi connectivity index (χ0v) is 16.6. The second-order valence-corrected chi connectivity index (χ2v) is 6.61. The number of hydrogen-bond donors (Lipinski definition) is 2. The molecule has 0 spiro atoms. The van der Waals surface area contributed by atoms with Gasteiger partial charge in [0.1, 0.15) is 6.10 Å². The molecule has 0 saturated carbocycles. The van der Waals surface area contributed by atoms with Crippen molar-refractivity contribution in [1.82, 2.24) is 10.6 Å². The Kier molecular flexibility index (Phi) is 8.15. The lowest BCUT2D eigenvalue weighted by atomic mass is 10.2. The molecule has 0 saturated heterocycles. The number of benzene rings is 2. The maximum Gasteiger partial charge on any atom is 0.191 e. The summed E-state index contributed by atoms with van der Waals surface area (Å²) in [5.74, 6) is 2.21. The lowest BCUT2D eigenvalue weighted by molar-refractivity contribution is 0.213. The number of thioether (sulfide) groups is 1. The first-order valence-corrected chi connectivity index (χ1v) is 9.76. The Bertz CT molecular complexity index is 704. The highest BCUT2D eigenvalue weighted by Crippen LogP contribution is 2.26. The number of nitrogens with one attached hydrogen (secondary N) is 2. The van der Waals surface area contributed by atoms with Gasteiger partial charge in [-0.2, -0.15) is 0 Å². The second kappa shape index (κ2) is 10.6. The van der Waals surface area contributed by atoms with Crippen molar-refractivity contribution in [1.29, 1.82) is 0 Å². The van der Waals surface area contributed by atoms with Gasteiger partial charge in [-0.3, -0.25) is 4.99 Å². The summed E-state index contributed by atoms with van der Waals surface area (Å²) >= 11 is 1.74. The highest BCUT2D eigenvalue weighted by molar-refractivity contribution is 7.98. The van der Waals surface area contributed by atoms with Crippen LogP contribution in [-0.4, -0.2) is 39.0 Å². The molecular formula is C20H27N3O2S. The first-order valence-electron chi connectivity index (χ1n) is 8.53. The first-order chi connectivity index (χ1) is 12.7. The number of hydrogen-bond acceptors (Lipinski definition) is 4. The minimum atomic E-state index is -0.0364. The van der Waals surface area contributed by atoms with E-state index >= 15 is 0 Å². The summed E-state index contributed by atoms with van der Waals surface area (Å²) in [5.41, 5.74) is 1.21. The Morgan fingerprint density at radius 2 is 1.77 bits per heavy atom. The molecule has 2 aromatic rings. The zero-order valence-electron chi connectivity index (χ0n) is 15.8. The van der Waals surface area contributed by atoms with Gasteiger partial charge in [-0.25, -0.2) is 0 Å².